The summed E-state index contributed by atoms with van der Waals surface area (Å²) in [4.78, 5) is 15.9. The molecule has 1 heterocycles. The van der Waals surface area contributed by atoms with Crippen LogP contribution in [0.4, 0.5) is 0 Å². The molecule has 0 radical (unpaired) electrons. The fourth-order valence-electron chi connectivity index (χ4n) is 1.86. The fourth-order valence-corrected chi connectivity index (χ4v) is 2.56. The van der Waals surface area contributed by atoms with Crippen LogP contribution >= 0.6 is 0 Å². The Bertz CT molecular complexity index is 741. The van der Waals surface area contributed by atoms with Crippen molar-refractivity contribution in [2.75, 3.05) is 18.1 Å². The summed E-state index contributed by atoms with van der Waals surface area (Å²) in [6.07, 6.45) is 0.481. The lowest BCUT2D eigenvalue weighted by molar-refractivity contribution is -0.121. The van der Waals surface area contributed by atoms with Gasteiger partial charge in [0, 0.05) is 30.7 Å². The second-order valence-corrected chi connectivity index (χ2v) is 7.44. The summed E-state index contributed by atoms with van der Waals surface area (Å²) < 4.78 is 27.7. The maximum absolute atomic E-state index is 11.7. The lowest BCUT2D eigenvalue weighted by atomic mass is 10.2. The summed E-state index contributed by atoms with van der Waals surface area (Å²) in [6.45, 7) is 1.70. The van der Waals surface area contributed by atoms with E-state index in [0.29, 0.717) is 18.1 Å². The van der Waals surface area contributed by atoms with Crippen LogP contribution in [0.2, 0.25) is 0 Å². The number of nitrogens with zero attached hydrogens (tertiary/aromatic N) is 2. The first-order valence-corrected chi connectivity index (χ1v) is 9.17. The highest BCUT2D eigenvalue weighted by molar-refractivity contribution is 7.91. The molecule has 0 unspecified atom stereocenters. The zero-order chi connectivity index (χ0) is 16.7. The molecule has 0 fully saturated rings. The Balaban J connectivity index is 1.78. The van der Waals surface area contributed by atoms with Crippen LogP contribution in [0.5, 0.6) is 0 Å². The summed E-state index contributed by atoms with van der Waals surface area (Å²) in [5.74, 6) is 0.646. The van der Waals surface area contributed by atoms with Gasteiger partial charge in [-0.1, -0.05) is 42.4 Å². The molecule has 0 aliphatic rings. The van der Waals surface area contributed by atoms with E-state index in [1.54, 1.807) is 6.92 Å². The zero-order valence-corrected chi connectivity index (χ0v) is 13.7. The van der Waals surface area contributed by atoms with E-state index in [0.717, 1.165) is 5.56 Å². The molecular weight excluding hydrogens is 318 g/mol. The number of rotatable bonds is 8. The molecule has 2 aromatic rings. The van der Waals surface area contributed by atoms with E-state index >= 15 is 0 Å². The summed E-state index contributed by atoms with van der Waals surface area (Å²) in [6, 6.07) is 9.39. The third-order valence-electron chi connectivity index (χ3n) is 3.24. The van der Waals surface area contributed by atoms with Crippen LogP contribution in [-0.4, -0.2) is 42.5 Å². The molecule has 124 valence electrons. The van der Waals surface area contributed by atoms with Crippen molar-refractivity contribution in [1.29, 1.82) is 0 Å². The number of sulfone groups is 1. The number of aryl methyl sites for hydroxylation is 1. The van der Waals surface area contributed by atoms with E-state index < -0.39 is 9.84 Å². The first kappa shape index (κ1) is 17.1. The Morgan fingerprint density at radius 2 is 2.00 bits per heavy atom. The molecule has 0 saturated heterocycles. The van der Waals surface area contributed by atoms with Crippen LogP contribution in [-0.2, 0) is 21.1 Å². The van der Waals surface area contributed by atoms with Gasteiger partial charge in [0.15, 0.2) is 9.84 Å². The molecule has 0 aliphatic heterocycles. The molecule has 1 amide bonds. The summed E-state index contributed by atoms with van der Waals surface area (Å²) in [7, 11) is -3.07. The highest BCUT2D eigenvalue weighted by Gasteiger charge is 2.11. The quantitative estimate of drug-likeness (QED) is 0.777. The third-order valence-corrected chi connectivity index (χ3v) is 4.95. The van der Waals surface area contributed by atoms with Gasteiger partial charge in [-0.2, -0.15) is 4.98 Å². The molecule has 0 saturated carbocycles. The van der Waals surface area contributed by atoms with Gasteiger partial charge in [0.1, 0.15) is 0 Å². The maximum Gasteiger partial charge on any atom is 0.227 e. The largest absolute Gasteiger partial charge is 0.355 e. The van der Waals surface area contributed by atoms with Gasteiger partial charge < -0.3 is 9.84 Å². The van der Waals surface area contributed by atoms with Crippen LogP contribution in [0.3, 0.4) is 0 Å². The van der Waals surface area contributed by atoms with Crippen LogP contribution < -0.4 is 5.32 Å². The predicted octanol–water partition coefficient (Wildman–Crippen LogP) is 1.22. The van der Waals surface area contributed by atoms with E-state index in [1.807, 2.05) is 30.3 Å². The van der Waals surface area contributed by atoms with Gasteiger partial charge in [0.2, 0.25) is 17.6 Å². The van der Waals surface area contributed by atoms with Crippen molar-refractivity contribution in [1.82, 2.24) is 15.5 Å². The summed E-state index contributed by atoms with van der Waals surface area (Å²) in [5, 5.41) is 6.45. The second kappa shape index (κ2) is 7.87. The molecule has 0 atom stereocenters. The molecule has 1 N–H and O–H groups in total. The Kier molecular flexibility index (Phi) is 5.86. The SMILES string of the molecule is CCS(=O)(=O)CCNC(=O)CCc1nc(-c2ccccc2)no1. The maximum atomic E-state index is 11.7. The van der Waals surface area contributed by atoms with E-state index in [-0.39, 0.29) is 30.4 Å². The van der Waals surface area contributed by atoms with Crippen molar-refractivity contribution < 1.29 is 17.7 Å². The Morgan fingerprint density at radius 1 is 1.26 bits per heavy atom. The van der Waals surface area contributed by atoms with Crippen molar-refractivity contribution in [3.05, 3.63) is 36.2 Å². The van der Waals surface area contributed by atoms with Crippen molar-refractivity contribution in [3.63, 3.8) is 0 Å². The van der Waals surface area contributed by atoms with Crippen molar-refractivity contribution in [2.24, 2.45) is 0 Å². The van der Waals surface area contributed by atoms with Gasteiger partial charge >= 0.3 is 0 Å². The van der Waals surface area contributed by atoms with Gasteiger partial charge in [0.25, 0.3) is 0 Å². The van der Waals surface area contributed by atoms with Crippen LogP contribution in [0, 0.1) is 0 Å². The molecule has 8 heteroatoms. The standard InChI is InChI=1S/C15H19N3O4S/c1-2-23(20,21)11-10-16-13(19)8-9-14-17-15(18-22-14)12-6-4-3-5-7-12/h3-7H,2,8-11H2,1H3,(H,16,19). The number of amides is 1. The average molecular weight is 337 g/mol. The van der Waals surface area contributed by atoms with Crippen molar-refractivity contribution in [3.8, 4) is 11.4 Å². The Morgan fingerprint density at radius 3 is 2.70 bits per heavy atom. The number of hydrogen-bond donors (Lipinski definition) is 1. The monoisotopic (exact) mass is 337 g/mol. The van der Waals surface area contributed by atoms with Crippen LogP contribution in [0.25, 0.3) is 11.4 Å². The zero-order valence-electron chi connectivity index (χ0n) is 12.9. The van der Waals surface area contributed by atoms with Gasteiger partial charge in [-0.05, 0) is 0 Å². The van der Waals surface area contributed by atoms with E-state index in [4.69, 9.17) is 4.52 Å². The van der Waals surface area contributed by atoms with E-state index in [1.165, 1.54) is 0 Å². The smallest absolute Gasteiger partial charge is 0.227 e. The minimum atomic E-state index is -3.07. The normalized spacial score (nSPS) is 11.3. The summed E-state index contributed by atoms with van der Waals surface area (Å²) in [5.41, 5.74) is 0.844. The molecular formula is C15H19N3O4S. The topological polar surface area (TPSA) is 102 Å². The van der Waals surface area contributed by atoms with Gasteiger partial charge in [-0.3, -0.25) is 4.79 Å². The second-order valence-electron chi connectivity index (χ2n) is 4.96. The number of carbonyl (C=O) groups excluding carboxylic acids is 1. The third kappa shape index (κ3) is 5.48. The number of nitrogens with one attached hydrogen (secondary N) is 1. The first-order chi connectivity index (χ1) is 11.0. The average Bonchev–Trinajstić information content (AvgIpc) is 3.03. The van der Waals surface area contributed by atoms with Gasteiger partial charge in [-0.15, -0.1) is 0 Å². The highest BCUT2D eigenvalue weighted by Crippen LogP contribution is 2.15. The number of benzene rings is 1. The molecule has 1 aromatic carbocycles. The Labute approximate surface area is 135 Å². The molecule has 0 spiro atoms. The van der Waals surface area contributed by atoms with Crippen molar-refractivity contribution >= 4 is 15.7 Å². The van der Waals surface area contributed by atoms with Crippen LogP contribution in [0.1, 0.15) is 19.2 Å². The molecule has 0 aliphatic carbocycles. The van der Waals surface area contributed by atoms with E-state index in [2.05, 4.69) is 15.5 Å². The van der Waals surface area contributed by atoms with Crippen molar-refractivity contribution in [2.45, 2.75) is 19.8 Å². The number of hydrogen-bond acceptors (Lipinski definition) is 6. The minimum absolute atomic E-state index is 0.0477. The summed E-state index contributed by atoms with van der Waals surface area (Å²) >= 11 is 0. The molecule has 7 nitrogen and oxygen atoms in total. The van der Waals surface area contributed by atoms with Gasteiger partial charge in [-0.25, -0.2) is 8.42 Å². The van der Waals surface area contributed by atoms with Gasteiger partial charge in [0.05, 0.1) is 5.75 Å². The molecule has 2 rings (SSSR count). The predicted molar refractivity (Wildman–Crippen MR) is 85.4 cm³/mol. The molecule has 23 heavy (non-hydrogen) atoms. The molecule has 1 aromatic heterocycles. The highest BCUT2D eigenvalue weighted by atomic mass is 32.2. The minimum Gasteiger partial charge on any atom is -0.355 e. The lowest BCUT2D eigenvalue weighted by Crippen LogP contribution is -2.29. The number of carbonyl (C=O) groups is 1. The number of aromatic nitrogens is 2. The molecule has 0 bridgehead atoms. The fraction of sp³-hybridized carbons (Fsp3) is 0.400. The lowest BCUT2D eigenvalue weighted by Gasteiger charge is -2.03. The van der Waals surface area contributed by atoms with E-state index in [9.17, 15) is 13.2 Å². The van der Waals surface area contributed by atoms with Crippen LogP contribution in [0.15, 0.2) is 34.9 Å². The first-order valence-electron chi connectivity index (χ1n) is 7.35. The Hall–Kier alpha value is -2.22.